The molecule has 1 N–H and O–H groups in total. The highest BCUT2D eigenvalue weighted by Gasteiger charge is 2.04. The Kier molecular flexibility index (Phi) is 3.73. The first-order chi connectivity index (χ1) is 9.20. The number of hydrogen-bond donors (Lipinski definition) is 1. The van der Waals surface area contributed by atoms with Crippen molar-refractivity contribution in [1.29, 1.82) is 0 Å². The summed E-state index contributed by atoms with van der Waals surface area (Å²) in [5.74, 6) is 0. The van der Waals surface area contributed by atoms with Crippen LogP contribution in [0, 0.1) is 0 Å². The first-order valence-corrected chi connectivity index (χ1v) is 7.74. The summed E-state index contributed by atoms with van der Waals surface area (Å²) in [5.41, 5.74) is 2.08. The highest BCUT2D eigenvalue weighted by Crippen LogP contribution is 2.25. The van der Waals surface area contributed by atoms with Crippen LogP contribution in [0.1, 0.15) is 5.01 Å². The Morgan fingerprint density at radius 2 is 1.95 bits per heavy atom. The SMILES string of the molecule is Clc1ccc(NCc2nc3cc(Br)ccc3s2)cc1. The van der Waals surface area contributed by atoms with Crippen molar-refractivity contribution in [2.24, 2.45) is 0 Å². The molecular formula is C14H10BrClN2S. The lowest BCUT2D eigenvalue weighted by Crippen LogP contribution is -1.98. The molecule has 96 valence electrons. The average Bonchev–Trinajstić information content (AvgIpc) is 2.80. The molecule has 0 amide bonds. The van der Waals surface area contributed by atoms with Crippen LogP contribution in [0.4, 0.5) is 5.69 Å². The molecule has 5 heteroatoms. The number of thiazole rings is 1. The predicted octanol–water partition coefficient (Wildman–Crippen LogP) is 5.32. The van der Waals surface area contributed by atoms with Crippen LogP contribution in [-0.2, 0) is 6.54 Å². The van der Waals surface area contributed by atoms with Gasteiger partial charge in [0.1, 0.15) is 5.01 Å². The van der Waals surface area contributed by atoms with E-state index in [0.29, 0.717) is 0 Å². The van der Waals surface area contributed by atoms with Crippen LogP contribution < -0.4 is 5.32 Å². The van der Waals surface area contributed by atoms with Crippen molar-refractivity contribution in [2.75, 3.05) is 5.32 Å². The molecule has 2 aromatic carbocycles. The zero-order valence-corrected chi connectivity index (χ0v) is 13.0. The molecule has 0 unspecified atom stereocenters. The van der Waals surface area contributed by atoms with E-state index in [0.717, 1.165) is 32.3 Å². The van der Waals surface area contributed by atoms with Gasteiger partial charge in [-0.1, -0.05) is 27.5 Å². The molecule has 3 aromatic rings. The fraction of sp³-hybridized carbons (Fsp3) is 0.0714. The van der Waals surface area contributed by atoms with Crippen molar-refractivity contribution in [3.8, 4) is 0 Å². The van der Waals surface area contributed by atoms with E-state index in [1.54, 1.807) is 11.3 Å². The highest BCUT2D eigenvalue weighted by atomic mass is 79.9. The molecule has 0 saturated carbocycles. The van der Waals surface area contributed by atoms with E-state index in [1.165, 1.54) is 4.70 Å². The summed E-state index contributed by atoms with van der Waals surface area (Å²) >= 11 is 11.0. The topological polar surface area (TPSA) is 24.9 Å². The predicted molar refractivity (Wildman–Crippen MR) is 86.1 cm³/mol. The lowest BCUT2D eigenvalue weighted by Gasteiger charge is -2.03. The third-order valence-electron chi connectivity index (χ3n) is 2.68. The number of fused-ring (bicyclic) bond motifs is 1. The second-order valence-corrected chi connectivity index (χ2v) is 6.55. The third kappa shape index (κ3) is 3.08. The number of benzene rings is 2. The minimum absolute atomic E-state index is 0.721. The Labute approximate surface area is 128 Å². The van der Waals surface area contributed by atoms with Crippen LogP contribution in [0.15, 0.2) is 46.9 Å². The number of nitrogens with one attached hydrogen (secondary N) is 1. The number of halogens is 2. The molecule has 0 aliphatic rings. The molecule has 2 nitrogen and oxygen atoms in total. The van der Waals surface area contributed by atoms with Crippen molar-refractivity contribution in [3.63, 3.8) is 0 Å². The van der Waals surface area contributed by atoms with E-state index in [9.17, 15) is 0 Å². The smallest absolute Gasteiger partial charge is 0.113 e. The molecule has 0 aliphatic carbocycles. The first kappa shape index (κ1) is 12.9. The van der Waals surface area contributed by atoms with Crippen molar-refractivity contribution >= 4 is 54.8 Å². The van der Waals surface area contributed by atoms with Gasteiger partial charge in [0.05, 0.1) is 16.8 Å². The number of hydrogen-bond acceptors (Lipinski definition) is 3. The fourth-order valence-electron chi connectivity index (χ4n) is 1.77. The van der Waals surface area contributed by atoms with Gasteiger partial charge in [-0.25, -0.2) is 4.98 Å². The molecular weight excluding hydrogens is 344 g/mol. The van der Waals surface area contributed by atoms with Gasteiger partial charge < -0.3 is 5.32 Å². The van der Waals surface area contributed by atoms with Gasteiger partial charge in [-0.3, -0.25) is 0 Å². The molecule has 0 saturated heterocycles. The van der Waals surface area contributed by atoms with Crippen molar-refractivity contribution < 1.29 is 0 Å². The summed E-state index contributed by atoms with van der Waals surface area (Å²) in [6.07, 6.45) is 0. The van der Waals surface area contributed by atoms with E-state index in [2.05, 4.69) is 32.3 Å². The normalized spacial score (nSPS) is 10.8. The van der Waals surface area contributed by atoms with Crippen LogP contribution in [0.5, 0.6) is 0 Å². The standard InChI is InChI=1S/C14H10BrClN2S/c15-9-1-6-13-12(7-9)18-14(19-13)8-17-11-4-2-10(16)3-5-11/h1-7,17H,8H2. The highest BCUT2D eigenvalue weighted by molar-refractivity contribution is 9.10. The lowest BCUT2D eigenvalue weighted by molar-refractivity contribution is 1.12. The minimum atomic E-state index is 0.721. The quantitative estimate of drug-likeness (QED) is 0.689. The van der Waals surface area contributed by atoms with E-state index in [4.69, 9.17) is 11.6 Å². The summed E-state index contributed by atoms with van der Waals surface area (Å²) in [5, 5.41) is 5.16. The van der Waals surface area contributed by atoms with Crippen LogP contribution >= 0.6 is 38.9 Å². The van der Waals surface area contributed by atoms with Crippen molar-refractivity contribution in [3.05, 3.63) is 57.0 Å². The summed E-state index contributed by atoms with van der Waals surface area (Å²) in [4.78, 5) is 4.61. The van der Waals surface area contributed by atoms with Gasteiger partial charge in [0.2, 0.25) is 0 Å². The zero-order chi connectivity index (χ0) is 13.2. The summed E-state index contributed by atoms with van der Waals surface area (Å²) in [7, 11) is 0. The molecule has 0 atom stereocenters. The second-order valence-electron chi connectivity index (χ2n) is 4.08. The number of nitrogens with zero attached hydrogens (tertiary/aromatic N) is 1. The van der Waals surface area contributed by atoms with Gasteiger partial charge in [-0.15, -0.1) is 11.3 Å². The molecule has 19 heavy (non-hydrogen) atoms. The largest absolute Gasteiger partial charge is 0.379 e. The molecule has 0 radical (unpaired) electrons. The van der Waals surface area contributed by atoms with E-state index >= 15 is 0 Å². The minimum Gasteiger partial charge on any atom is -0.379 e. The van der Waals surface area contributed by atoms with Crippen LogP contribution in [-0.4, -0.2) is 4.98 Å². The average molecular weight is 354 g/mol. The third-order valence-corrected chi connectivity index (χ3v) is 4.46. The summed E-state index contributed by atoms with van der Waals surface area (Å²) in [6.45, 7) is 0.721. The summed E-state index contributed by atoms with van der Waals surface area (Å²) < 4.78 is 2.26. The van der Waals surface area contributed by atoms with Gasteiger partial charge in [-0.2, -0.15) is 0 Å². The Bertz CT molecular complexity index is 709. The van der Waals surface area contributed by atoms with Gasteiger partial charge >= 0.3 is 0 Å². The maximum atomic E-state index is 5.85. The van der Waals surface area contributed by atoms with Gasteiger partial charge in [-0.05, 0) is 42.5 Å². The van der Waals surface area contributed by atoms with Crippen LogP contribution in [0.25, 0.3) is 10.2 Å². The Balaban J connectivity index is 1.76. The van der Waals surface area contributed by atoms with E-state index in [-0.39, 0.29) is 0 Å². The second kappa shape index (κ2) is 5.49. The zero-order valence-electron chi connectivity index (χ0n) is 9.86. The maximum Gasteiger partial charge on any atom is 0.113 e. The lowest BCUT2D eigenvalue weighted by atomic mass is 10.3. The van der Waals surface area contributed by atoms with E-state index < -0.39 is 0 Å². The fourth-order valence-corrected chi connectivity index (χ4v) is 3.13. The number of aromatic nitrogens is 1. The molecule has 1 heterocycles. The number of rotatable bonds is 3. The molecule has 1 aromatic heterocycles. The first-order valence-electron chi connectivity index (χ1n) is 5.75. The van der Waals surface area contributed by atoms with Gasteiger partial charge in [0.15, 0.2) is 0 Å². The monoisotopic (exact) mass is 352 g/mol. The van der Waals surface area contributed by atoms with Crippen LogP contribution in [0.2, 0.25) is 5.02 Å². The van der Waals surface area contributed by atoms with Crippen LogP contribution in [0.3, 0.4) is 0 Å². The van der Waals surface area contributed by atoms with Crippen molar-refractivity contribution in [2.45, 2.75) is 6.54 Å². The maximum absolute atomic E-state index is 5.85. The summed E-state index contributed by atoms with van der Waals surface area (Å²) in [6, 6.07) is 13.8. The molecule has 0 aliphatic heterocycles. The van der Waals surface area contributed by atoms with Gasteiger partial charge in [0.25, 0.3) is 0 Å². The Hall–Kier alpha value is -1.10. The molecule has 0 spiro atoms. The molecule has 0 bridgehead atoms. The molecule has 0 fully saturated rings. The van der Waals surface area contributed by atoms with E-state index in [1.807, 2.05) is 36.4 Å². The Morgan fingerprint density at radius 1 is 1.16 bits per heavy atom. The van der Waals surface area contributed by atoms with Gasteiger partial charge in [0, 0.05) is 15.2 Å². The molecule has 3 rings (SSSR count). The Morgan fingerprint density at radius 3 is 2.74 bits per heavy atom. The number of anilines is 1. The van der Waals surface area contributed by atoms with Crippen molar-refractivity contribution in [1.82, 2.24) is 4.98 Å².